The number of hydrogen-bond acceptors (Lipinski definition) is 4. The Morgan fingerprint density at radius 2 is 1.78 bits per heavy atom. The molecular weight excluding hydrogens is 296 g/mol. The van der Waals surface area contributed by atoms with Gasteiger partial charge >= 0.3 is 12.0 Å². The monoisotopic (exact) mass is 312 g/mol. The molecule has 2 rings (SSSR count). The molecule has 6 heteroatoms. The van der Waals surface area contributed by atoms with Crippen molar-refractivity contribution in [3.05, 3.63) is 60.7 Å². The first-order valence-electron chi connectivity index (χ1n) is 6.79. The summed E-state index contributed by atoms with van der Waals surface area (Å²) in [6, 6.07) is 13.5. The van der Waals surface area contributed by atoms with Crippen molar-refractivity contribution in [3.63, 3.8) is 0 Å². The molecule has 118 valence electrons. The van der Waals surface area contributed by atoms with Crippen molar-refractivity contribution in [1.29, 1.82) is 0 Å². The van der Waals surface area contributed by atoms with E-state index in [1.807, 2.05) is 35.8 Å². The SMILES string of the molecule is C=C(C)C(=O)ONC(=O)Nc1cc(-c2ccccc2)ccc1O. The molecule has 0 heterocycles. The molecule has 6 nitrogen and oxygen atoms in total. The van der Waals surface area contributed by atoms with Crippen LogP contribution in [0.25, 0.3) is 11.1 Å². The third-order valence-electron chi connectivity index (χ3n) is 2.94. The lowest BCUT2D eigenvalue weighted by atomic mass is 10.0. The highest BCUT2D eigenvalue weighted by molar-refractivity contribution is 5.93. The fourth-order valence-electron chi connectivity index (χ4n) is 1.77. The summed E-state index contributed by atoms with van der Waals surface area (Å²) in [5, 5.41) is 12.2. The number of phenolic OH excluding ortho intramolecular Hbond substituents is 1. The van der Waals surface area contributed by atoms with Crippen LogP contribution >= 0.6 is 0 Å². The molecule has 2 amide bonds. The third-order valence-corrected chi connectivity index (χ3v) is 2.94. The lowest BCUT2D eigenvalue weighted by molar-refractivity contribution is -0.143. The fraction of sp³-hybridized carbons (Fsp3) is 0.0588. The molecule has 0 aliphatic heterocycles. The van der Waals surface area contributed by atoms with Crippen LogP contribution in [0.15, 0.2) is 60.7 Å². The van der Waals surface area contributed by atoms with Gasteiger partial charge in [-0.2, -0.15) is 5.48 Å². The van der Waals surface area contributed by atoms with Crippen molar-refractivity contribution >= 4 is 17.7 Å². The Morgan fingerprint density at radius 3 is 2.43 bits per heavy atom. The Labute approximate surface area is 133 Å². The zero-order valence-corrected chi connectivity index (χ0v) is 12.5. The number of aromatic hydroxyl groups is 1. The van der Waals surface area contributed by atoms with Gasteiger partial charge in [-0.3, -0.25) is 0 Å². The largest absolute Gasteiger partial charge is 0.506 e. The van der Waals surface area contributed by atoms with Crippen molar-refractivity contribution in [1.82, 2.24) is 5.48 Å². The molecule has 0 atom stereocenters. The van der Waals surface area contributed by atoms with Gasteiger partial charge in [0.05, 0.1) is 5.69 Å². The van der Waals surface area contributed by atoms with Gasteiger partial charge in [0.1, 0.15) is 5.75 Å². The predicted octanol–water partition coefficient (Wildman–Crippen LogP) is 3.22. The highest BCUT2D eigenvalue weighted by atomic mass is 16.7. The minimum atomic E-state index is -0.792. The van der Waals surface area contributed by atoms with Crippen LogP contribution in [-0.4, -0.2) is 17.1 Å². The van der Waals surface area contributed by atoms with Gasteiger partial charge in [0.25, 0.3) is 0 Å². The molecule has 0 saturated heterocycles. The maximum Gasteiger partial charge on any atom is 0.358 e. The Morgan fingerprint density at radius 1 is 1.09 bits per heavy atom. The van der Waals surface area contributed by atoms with E-state index >= 15 is 0 Å². The molecule has 2 aromatic carbocycles. The smallest absolute Gasteiger partial charge is 0.358 e. The lowest BCUT2D eigenvalue weighted by Crippen LogP contribution is -2.31. The van der Waals surface area contributed by atoms with Gasteiger partial charge in [-0.1, -0.05) is 43.0 Å². The van der Waals surface area contributed by atoms with Crippen molar-refractivity contribution in [2.75, 3.05) is 5.32 Å². The van der Waals surface area contributed by atoms with E-state index in [2.05, 4.69) is 16.7 Å². The first-order valence-corrected chi connectivity index (χ1v) is 6.79. The van der Waals surface area contributed by atoms with Crippen molar-refractivity contribution in [3.8, 4) is 16.9 Å². The number of phenols is 1. The molecule has 0 aliphatic rings. The summed E-state index contributed by atoms with van der Waals surface area (Å²) in [6.07, 6.45) is 0. The third kappa shape index (κ3) is 4.34. The van der Waals surface area contributed by atoms with E-state index in [9.17, 15) is 14.7 Å². The second-order valence-electron chi connectivity index (χ2n) is 4.82. The highest BCUT2D eigenvalue weighted by Crippen LogP contribution is 2.29. The lowest BCUT2D eigenvalue weighted by Gasteiger charge is -2.10. The Balaban J connectivity index is 2.09. The highest BCUT2D eigenvalue weighted by Gasteiger charge is 2.10. The van der Waals surface area contributed by atoms with Gasteiger partial charge < -0.3 is 15.3 Å². The van der Waals surface area contributed by atoms with Gasteiger partial charge in [-0.25, -0.2) is 9.59 Å². The number of carbonyl (C=O) groups excluding carboxylic acids is 2. The predicted molar refractivity (Wildman–Crippen MR) is 86.6 cm³/mol. The van der Waals surface area contributed by atoms with Crippen molar-refractivity contribution in [2.45, 2.75) is 6.92 Å². The fourth-order valence-corrected chi connectivity index (χ4v) is 1.77. The van der Waals surface area contributed by atoms with E-state index in [4.69, 9.17) is 0 Å². The molecule has 0 spiro atoms. The maximum absolute atomic E-state index is 11.7. The van der Waals surface area contributed by atoms with Crippen molar-refractivity contribution < 1.29 is 19.5 Å². The van der Waals surface area contributed by atoms with Crippen LogP contribution in [0, 0.1) is 0 Å². The van der Waals surface area contributed by atoms with Gasteiger partial charge in [-0.05, 0) is 30.2 Å². The zero-order chi connectivity index (χ0) is 16.8. The van der Waals surface area contributed by atoms with Crippen LogP contribution in [0.5, 0.6) is 5.75 Å². The average Bonchev–Trinajstić information content (AvgIpc) is 2.55. The van der Waals surface area contributed by atoms with E-state index in [1.165, 1.54) is 13.0 Å². The van der Waals surface area contributed by atoms with Crippen LogP contribution in [0.4, 0.5) is 10.5 Å². The van der Waals surface area contributed by atoms with Crippen LogP contribution in [-0.2, 0) is 9.63 Å². The van der Waals surface area contributed by atoms with Gasteiger partial charge in [-0.15, -0.1) is 0 Å². The van der Waals surface area contributed by atoms with Crippen LogP contribution in [0.3, 0.4) is 0 Å². The van der Waals surface area contributed by atoms with E-state index in [0.29, 0.717) is 0 Å². The normalized spacial score (nSPS) is 9.78. The van der Waals surface area contributed by atoms with E-state index in [-0.39, 0.29) is 17.0 Å². The van der Waals surface area contributed by atoms with Gasteiger partial charge in [0.15, 0.2) is 0 Å². The summed E-state index contributed by atoms with van der Waals surface area (Å²) in [6.45, 7) is 4.85. The number of amides is 2. The number of urea groups is 1. The molecular formula is C17H16N2O4. The second-order valence-corrected chi connectivity index (χ2v) is 4.82. The Hall–Kier alpha value is -3.28. The molecule has 0 fully saturated rings. The number of hydroxylamine groups is 1. The average molecular weight is 312 g/mol. The van der Waals surface area contributed by atoms with Gasteiger partial charge in [0.2, 0.25) is 0 Å². The number of hydrogen-bond donors (Lipinski definition) is 3. The number of nitrogens with one attached hydrogen (secondary N) is 2. The summed E-state index contributed by atoms with van der Waals surface area (Å²) < 4.78 is 0. The molecule has 0 saturated carbocycles. The Kier molecular flexibility index (Phi) is 4.99. The van der Waals surface area contributed by atoms with Gasteiger partial charge in [0, 0.05) is 5.57 Å². The maximum atomic E-state index is 11.7. The standard InChI is InChI=1S/C17H16N2O4/c1-11(2)16(21)23-19-17(22)18-14-10-13(8-9-15(14)20)12-6-4-3-5-7-12/h3-10,20H,1H2,2H3,(H2,18,19,22). The van der Waals surface area contributed by atoms with E-state index < -0.39 is 12.0 Å². The van der Waals surface area contributed by atoms with Crippen LogP contribution in [0.2, 0.25) is 0 Å². The minimum absolute atomic E-state index is 0.106. The molecule has 0 aromatic heterocycles. The van der Waals surface area contributed by atoms with E-state index in [0.717, 1.165) is 11.1 Å². The number of anilines is 1. The minimum Gasteiger partial charge on any atom is -0.506 e. The molecule has 0 aliphatic carbocycles. The second kappa shape index (κ2) is 7.13. The quantitative estimate of drug-likeness (QED) is 0.461. The molecule has 3 N–H and O–H groups in total. The number of benzene rings is 2. The molecule has 0 unspecified atom stereocenters. The zero-order valence-electron chi connectivity index (χ0n) is 12.5. The van der Waals surface area contributed by atoms with Crippen molar-refractivity contribution in [2.24, 2.45) is 0 Å². The summed E-state index contributed by atoms with van der Waals surface area (Å²) in [5.41, 5.74) is 4.02. The molecule has 2 aromatic rings. The Bertz CT molecular complexity index is 742. The first-order chi connectivity index (χ1) is 11.0. The topological polar surface area (TPSA) is 87.7 Å². The number of rotatable bonds is 3. The summed E-state index contributed by atoms with van der Waals surface area (Å²) in [7, 11) is 0. The molecule has 0 radical (unpaired) electrons. The number of carbonyl (C=O) groups is 2. The summed E-state index contributed by atoms with van der Waals surface area (Å²) in [5.74, 6) is -0.853. The van der Waals surface area contributed by atoms with Crippen LogP contribution < -0.4 is 10.8 Å². The summed E-state index contributed by atoms with van der Waals surface area (Å²) in [4.78, 5) is 27.4. The summed E-state index contributed by atoms with van der Waals surface area (Å²) >= 11 is 0. The first kappa shape index (κ1) is 16.1. The molecule has 0 bridgehead atoms. The van der Waals surface area contributed by atoms with E-state index in [1.54, 1.807) is 12.1 Å². The molecule has 23 heavy (non-hydrogen) atoms. The van der Waals surface area contributed by atoms with Crippen LogP contribution in [0.1, 0.15) is 6.92 Å².